The van der Waals surface area contributed by atoms with Crippen LogP contribution in [0, 0.1) is 0 Å². The van der Waals surface area contributed by atoms with Crippen molar-refractivity contribution in [2.75, 3.05) is 13.1 Å². The lowest BCUT2D eigenvalue weighted by atomic mass is 10.0. The molecule has 3 heterocycles. The zero-order valence-electron chi connectivity index (χ0n) is 21.1. The second-order valence-corrected chi connectivity index (χ2v) is 10.0. The van der Waals surface area contributed by atoms with Crippen LogP contribution in [0.2, 0.25) is 0 Å². The van der Waals surface area contributed by atoms with Crippen molar-refractivity contribution in [1.82, 2.24) is 29.9 Å². The fourth-order valence-corrected chi connectivity index (χ4v) is 5.50. The molecule has 0 N–H and O–H groups in total. The third-order valence-corrected chi connectivity index (χ3v) is 7.53. The molecule has 1 saturated heterocycles. The molecule has 38 heavy (non-hydrogen) atoms. The number of benzene rings is 4. The minimum absolute atomic E-state index is 0.406. The number of para-hydroxylation sites is 3. The molecule has 0 amide bonds. The number of nitrogens with zero attached hydrogens (tertiary/aromatic N) is 6. The molecule has 2 aromatic heterocycles. The van der Waals surface area contributed by atoms with E-state index in [1.54, 1.807) is 0 Å². The maximum atomic E-state index is 5.04. The quantitative estimate of drug-likeness (QED) is 0.271. The third kappa shape index (κ3) is 4.33. The van der Waals surface area contributed by atoms with E-state index in [-0.39, 0.29) is 0 Å². The van der Waals surface area contributed by atoms with E-state index < -0.39 is 0 Å². The first-order valence-electron chi connectivity index (χ1n) is 13.3. The normalized spacial score (nSPS) is 14.8. The van der Waals surface area contributed by atoms with E-state index in [0.29, 0.717) is 6.04 Å². The molecule has 0 spiro atoms. The van der Waals surface area contributed by atoms with Crippen molar-refractivity contribution in [3.63, 3.8) is 0 Å². The molecule has 6 nitrogen and oxygen atoms in total. The van der Waals surface area contributed by atoms with Crippen molar-refractivity contribution in [3.05, 3.63) is 109 Å². The molecule has 0 saturated carbocycles. The van der Waals surface area contributed by atoms with E-state index in [1.165, 1.54) is 5.56 Å². The molecule has 6 aromatic rings. The highest BCUT2D eigenvalue weighted by molar-refractivity contribution is 5.86. The molecule has 0 bridgehead atoms. The summed E-state index contributed by atoms with van der Waals surface area (Å²) < 4.78 is 2.12. The van der Waals surface area contributed by atoms with E-state index >= 15 is 0 Å². The molecule has 0 aliphatic carbocycles. The summed E-state index contributed by atoms with van der Waals surface area (Å²) in [6.45, 7) is 3.05. The molecule has 0 unspecified atom stereocenters. The summed E-state index contributed by atoms with van der Waals surface area (Å²) in [4.78, 5) is 12.6. The standard InChI is InChI=1S/C32H28N6/c1-2-8-24(9-3-1)31-32(34-28-11-5-4-10-27(28)33-31)25-16-14-23(15-17-25)22-37-20-18-26(19-21-37)38-30-13-7-6-12-29(30)35-36-38/h1-17,26H,18-22H2. The lowest BCUT2D eigenvalue weighted by Crippen LogP contribution is -2.34. The smallest absolute Gasteiger partial charge is 0.113 e. The van der Waals surface area contributed by atoms with Crippen molar-refractivity contribution in [2.24, 2.45) is 0 Å². The largest absolute Gasteiger partial charge is 0.299 e. The molecule has 0 radical (unpaired) electrons. The van der Waals surface area contributed by atoms with Crippen LogP contribution in [0.3, 0.4) is 0 Å². The first-order valence-corrected chi connectivity index (χ1v) is 13.3. The summed E-state index contributed by atoms with van der Waals surface area (Å²) in [6, 6.07) is 35.9. The number of piperidine rings is 1. The highest BCUT2D eigenvalue weighted by Gasteiger charge is 2.23. The van der Waals surface area contributed by atoms with Gasteiger partial charge >= 0.3 is 0 Å². The summed E-state index contributed by atoms with van der Waals surface area (Å²) in [5.74, 6) is 0. The Morgan fingerprint density at radius 2 is 1.18 bits per heavy atom. The summed E-state index contributed by atoms with van der Waals surface area (Å²) in [5, 5.41) is 8.80. The van der Waals surface area contributed by atoms with Gasteiger partial charge in [-0.05, 0) is 42.7 Å². The van der Waals surface area contributed by atoms with Crippen molar-refractivity contribution >= 4 is 22.1 Å². The Kier molecular flexibility index (Phi) is 5.87. The van der Waals surface area contributed by atoms with Crippen molar-refractivity contribution < 1.29 is 0 Å². The number of likely N-dealkylation sites (tertiary alicyclic amines) is 1. The van der Waals surface area contributed by atoms with E-state index in [0.717, 1.165) is 77.1 Å². The minimum atomic E-state index is 0.406. The average Bonchev–Trinajstić information content (AvgIpc) is 3.42. The molecule has 4 aromatic carbocycles. The number of aromatic nitrogens is 5. The SMILES string of the molecule is c1ccc(-c2nc3ccccc3nc2-c2ccc(CN3CCC(n4nnc5ccccc54)CC3)cc2)cc1. The Labute approximate surface area is 221 Å². The molecular weight excluding hydrogens is 468 g/mol. The Hall–Kier alpha value is -4.42. The molecule has 1 fully saturated rings. The van der Waals surface area contributed by atoms with Crippen LogP contribution in [-0.4, -0.2) is 43.0 Å². The second kappa shape index (κ2) is 9.80. The van der Waals surface area contributed by atoms with Gasteiger partial charge in [0.2, 0.25) is 0 Å². The topological polar surface area (TPSA) is 59.7 Å². The van der Waals surface area contributed by atoms with Gasteiger partial charge in [-0.2, -0.15) is 0 Å². The molecular formula is C32H28N6. The minimum Gasteiger partial charge on any atom is -0.299 e. The highest BCUT2D eigenvalue weighted by Crippen LogP contribution is 2.32. The van der Waals surface area contributed by atoms with E-state index in [9.17, 15) is 0 Å². The Morgan fingerprint density at radius 1 is 0.605 bits per heavy atom. The lowest BCUT2D eigenvalue weighted by Gasteiger charge is -2.32. The Morgan fingerprint density at radius 3 is 1.87 bits per heavy atom. The van der Waals surface area contributed by atoms with E-state index in [4.69, 9.17) is 9.97 Å². The van der Waals surface area contributed by atoms with Gasteiger partial charge in [-0.3, -0.25) is 4.90 Å². The Balaban J connectivity index is 1.09. The van der Waals surface area contributed by atoms with E-state index in [1.807, 2.05) is 54.6 Å². The number of fused-ring (bicyclic) bond motifs is 2. The molecule has 0 atom stereocenters. The van der Waals surface area contributed by atoms with Crippen LogP contribution in [0.15, 0.2) is 103 Å². The monoisotopic (exact) mass is 496 g/mol. The molecule has 7 rings (SSSR count). The van der Waals surface area contributed by atoms with Gasteiger partial charge in [0.15, 0.2) is 0 Å². The van der Waals surface area contributed by atoms with Gasteiger partial charge in [0.25, 0.3) is 0 Å². The summed E-state index contributed by atoms with van der Waals surface area (Å²) >= 11 is 0. The maximum Gasteiger partial charge on any atom is 0.113 e. The van der Waals surface area contributed by atoms with Gasteiger partial charge in [0.05, 0.1) is 34.0 Å². The van der Waals surface area contributed by atoms with E-state index in [2.05, 4.69) is 68.4 Å². The van der Waals surface area contributed by atoms with Gasteiger partial charge in [-0.1, -0.05) is 84.1 Å². The van der Waals surface area contributed by atoms with Crippen LogP contribution >= 0.6 is 0 Å². The zero-order chi connectivity index (χ0) is 25.3. The number of hydrogen-bond acceptors (Lipinski definition) is 5. The van der Waals surface area contributed by atoms with Crippen LogP contribution in [0.5, 0.6) is 0 Å². The van der Waals surface area contributed by atoms with Gasteiger partial charge in [0.1, 0.15) is 5.52 Å². The van der Waals surface area contributed by atoms with Crippen molar-refractivity contribution in [1.29, 1.82) is 0 Å². The average molecular weight is 497 g/mol. The van der Waals surface area contributed by atoms with Crippen LogP contribution in [0.4, 0.5) is 0 Å². The predicted molar refractivity (Wildman–Crippen MR) is 151 cm³/mol. The first-order chi connectivity index (χ1) is 18.8. The molecule has 6 heteroatoms. The van der Waals surface area contributed by atoms with Crippen molar-refractivity contribution in [2.45, 2.75) is 25.4 Å². The lowest BCUT2D eigenvalue weighted by molar-refractivity contribution is 0.174. The summed E-state index contributed by atoms with van der Waals surface area (Å²) in [5.41, 5.74) is 9.24. The van der Waals surface area contributed by atoms with Gasteiger partial charge in [0, 0.05) is 30.8 Å². The molecule has 1 aliphatic heterocycles. The van der Waals surface area contributed by atoms with Gasteiger partial charge in [-0.15, -0.1) is 5.10 Å². The maximum absolute atomic E-state index is 5.04. The Bertz CT molecular complexity index is 1700. The fraction of sp³-hybridized carbons (Fsp3) is 0.188. The third-order valence-electron chi connectivity index (χ3n) is 7.53. The van der Waals surface area contributed by atoms with Gasteiger partial charge < -0.3 is 0 Å². The van der Waals surface area contributed by atoms with Crippen LogP contribution < -0.4 is 0 Å². The van der Waals surface area contributed by atoms with Crippen LogP contribution in [0.25, 0.3) is 44.6 Å². The molecule has 1 aliphatic rings. The number of rotatable bonds is 5. The summed E-state index contributed by atoms with van der Waals surface area (Å²) in [7, 11) is 0. The second-order valence-electron chi connectivity index (χ2n) is 10.0. The zero-order valence-corrected chi connectivity index (χ0v) is 21.1. The molecule has 186 valence electrons. The highest BCUT2D eigenvalue weighted by atomic mass is 15.4. The summed E-state index contributed by atoms with van der Waals surface area (Å²) in [6.07, 6.45) is 2.16. The number of hydrogen-bond donors (Lipinski definition) is 0. The first kappa shape index (κ1) is 22.8. The van der Waals surface area contributed by atoms with Crippen LogP contribution in [0.1, 0.15) is 24.4 Å². The van der Waals surface area contributed by atoms with Crippen molar-refractivity contribution in [3.8, 4) is 22.5 Å². The van der Waals surface area contributed by atoms with Gasteiger partial charge in [-0.25, -0.2) is 14.6 Å². The predicted octanol–water partition coefficient (Wildman–Crippen LogP) is 6.55. The van der Waals surface area contributed by atoms with Crippen LogP contribution in [-0.2, 0) is 6.54 Å². The fourth-order valence-electron chi connectivity index (χ4n) is 5.50.